The number of hydrogen-bond donors (Lipinski definition) is 0. The first-order valence-electron chi connectivity index (χ1n) is 14.9. The molecule has 4 rings (SSSR count). The average Bonchev–Trinajstić information content (AvgIpc) is 2.87. The fourth-order valence-corrected chi connectivity index (χ4v) is 5.07. The van der Waals surface area contributed by atoms with Gasteiger partial charge in [-0.2, -0.15) is 0 Å². The Balaban J connectivity index is 0.000000220. The minimum atomic E-state index is 0.0844. The third kappa shape index (κ3) is 8.09. The largest absolute Gasteiger partial charge is 0.344 e. The maximum Gasteiger partial charge on any atom is 0.201 e. The van der Waals surface area contributed by atoms with Crippen LogP contribution in [0.5, 0.6) is 0 Å². The molecular formula is C36H52B2N2. The molecule has 0 spiro atoms. The lowest BCUT2D eigenvalue weighted by molar-refractivity contribution is 0.295. The average molecular weight is 534 g/mol. The zero-order valence-electron chi connectivity index (χ0n) is 27.3. The zero-order chi connectivity index (χ0) is 29.9. The summed E-state index contributed by atoms with van der Waals surface area (Å²) in [6.45, 7) is 28.3. The van der Waals surface area contributed by atoms with Crippen LogP contribution in [0.3, 0.4) is 0 Å². The fourth-order valence-electron chi connectivity index (χ4n) is 5.07. The molecule has 2 aliphatic heterocycles. The smallest absolute Gasteiger partial charge is 0.201 e. The molecule has 0 fully saturated rings. The van der Waals surface area contributed by atoms with Gasteiger partial charge in [0.1, 0.15) is 0 Å². The van der Waals surface area contributed by atoms with Crippen LogP contribution < -0.4 is 0 Å². The van der Waals surface area contributed by atoms with E-state index in [4.69, 9.17) is 0 Å². The predicted octanol–water partition coefficient (Wildman–Crippen LogP) is 10.1. The molecule has 2 aromatic carbocycles. The van der Waals surface area contributed by atoms with Gasteiger partial charge >= 0.3 is 0 Å². The van der Waals surface area contributed by atoms with Gasteiger partial charge in [-0.25, -0.2) is 0 Å². The fraction of sp³-hybridized carbons (Fsp3) is 0.444. The third-order valence-corrected chi connectivity index (χ3v) is 7.66. The van der Waals surface area contributed by atoms with E-state index in [1.807, 2.05) is 0 Å². The quantitative estimate of drug-likeness (QED) is 0.354. The zero-order valence-corrected chi connectivity index (χ0v) is 27.3. The summed E-state index contributed by atoms with van der Waals surface area (Å²) in [6, 6.07) is 21.4. The summed E-state index contributed by atoms with van der Waals surface area (Å²) in [5.74, 6) is 9.50. The van der Waals surface area contributed by atoms with Gasteiger partial charge in [-0.1, -0.05) is 137 Å². The summed E-state index contributed by atoms with van der Waals surface area (Å²) in [6.07, 6.45) is 4.52. The highest BCUT2D eigenvalue weighted by Crippen LogP contribution is 2.38. The van der Waals surface area contributed by atoms with Gasteiger partial charge in [0.2, 0.25) is 13.4 Å². The highest BCUT2D eigenvalue weighted by Gasteiger charge is 2.33. The molecule has 0 saturated carbocycles. The number of rotatable bonds is 2. The van der Waals surface area contributed by atoms with Crippen molar-refractivity contribution in [1.29, 1.82) is 0 Å². The second kappa shape index (κ2) is 11.9. The van der Waals surface area contributed by atoms with E-state index < -0.39 is 0 Å². The molecule has 2 aromatic rings. The van der Waals surface area contributed by atoms with E-state index in [1.165, 1.54) is 22.5 Å². The van der Waals surface area contributed by atoms with E-state index in [2.05, 4.69) is 190 Å². The van der Waals surface area contributed by atoms with Gasteiger partial charge in [-0.3, -0.25) is 0 Å². The van der Waals surface area contributed by atoms with Crippen molar-refractivity contribution in [2.45, 2.75) is 105 Å². The number of hydrogen-bond acceptors (Lipinski definition) is 2. The normalized spacial score (nSPS) is 16.4. The van der Waals surface area contributed by atoms with Crippen LogP contribution in [0.1, 0.15) is 94.2 Å². The molecule has 0 saturated heterocycles. The van der Waals surface area contributed by atoms with Crippen LogP contribution >= 0.6 is 0 Å². The minimum absolute atomic E-state index is 0.0844. The topological polar surface area (TPSA) is 6.48 Å². The molecule has 40 heavy (non-hydrogen) atoms. The Morgan fingerprint density at radius 1 is 0.450 bits per heavy atom. The molecule has 0 radical (unpaired) electrons. The molecule has 2 aliphatic rings. The van der Waals surface area contributed by atoms with Crippen molar-refractivity contribution >= 4 is 24.8 Å². The van der Waals surface area contributed by atoms with Crippen LogP contribution in [0.25, 0.3) is 11.4 Å². The summed E-state index contributed by atoms with van der Waals surface area (Å²) < 4.78 is 0. The van der Waals surface area contributed by atoms with Crippen LogP contribution in [-0.4, -0.2) is 34.3 Å². The van der Waals surface area contributed by atoms with Gasteiger partial charge in [0.15, 0.2) is 0 Å². The molecule has 0 aromatic heterocycles. The molecule has 0 aliphatic carbocycles. The Hall–Kier alpha value is -2.87. The molecule has 2 nitrogen and oxygen atoms in total. The maximum absolute atomic E-state index is 2.42. The predicted molar refractivity (Wildman–Crippen MR) is 181 cm³/mol. The summed E-state index contributed by atoms with van der Waals surface area (Å²) in [5.41, 5.74) is 5.39. The van der Waals surface area contributed by atoms with Crippen molar-refractivity contribution in [3.63, 3.8) is 0 Å². The number of nitrogens with zero attached hydrogens (tertiary/aromatic N) is 2. The van der Waals surface area contributed by atoms with Crippen LogP contribution in [-0.2, 0) is 0 Å². The second-order valence-electron chi connectivity index (χ2n) is 15.4. The lowest BCUT2D eigenvalue weighted by atomic mass is 9.34. The summed E-state index contributed by atoms with van der Waals surface area (Å²) in [7, 11) is 0. The molecule has 4 heteroatoms. The first-order valence-corrected chi connectivity index (χ1v) is 14.9. The van der Waals surface area contributed by atoms with Crippen molar-refractivity contribution in [2.24, 2.45) is 0 Å². The van der Waals surface area contributed by atoms with Crippen molar-refractivity contribution in [1.82, 2.24) is 9.80 Å². The van der Waals surface area contributed by atoms with Crippen molar-refractivity contribution in [3.8, 4) is 0 Å². The van der Waals surface area contributed by atoms with E-state index in [0.717, 1.165) is 0 Å². The molecule has 0 atom stereocenters. The van der Waals surface area contributed by atoms with Gasteiger partial charge in [-0.15, -0.1) is 0 Å². The molecule has 0 amide bonds. The monoisotopic (exact) mass is 534 g/mol. The highest BCUT2D eigenvalue weighted by molar-refractivity contribution is 6.73. The summed E-state index contributed by atoms with van der Waals surface area (Å²) in [4.78, 5) is 4.76. The molecule has 0 N–H and O–H groups in total. The molecule has 2 heterocycles. The van der Waals surface area contributed by atoms with E-state index in [0.29, 0.717) is 13.4 Å². The standard InChI is InChI=1S/2C18H26BN/c2*1-17(2,3)19-12-13-20(18(4,5)6)16(14-19)15-10-8-7-9-11-15/h2*7-14H,1-6H3. The third-order valence-electron chi connectivity index (χ3n) is 7.66. The minimum Gasteiger partial charge on any atom is -0.344 e. The van der Waals surface area contributed by atoms with Crippen LogP contribution in [0.2, 0.25) is 10.6 Å². The lowest BCUT2D eigenvalue weighted by Gasteiger charge is -2.41. The van der Waals surface area contributed by atoms with Gasteiger partial charge < -0.3 is 9.80 Å². The SMILES string of the molecule is CC(C)(C)B1C=CN(C(C)(C)C)C(c2ccccc2)=C1.CC(C)(C)B1C=CN(C(C)(C)C)C(c2ccccc2)=C1. The van der Waals surface area contributed by atoms with Crippen molar-refractivity contribution < 1.29 is 0 Å². The van der Waals surface area contributed by atoms with Gasteiger partial charge in [-0.05, 0) is 65.1 Å². The van der Waals surface area contributed by atoms with Gasteiger partial charge in [0.25, 0.3) is 0 Å². The molecule has 0 unspecified atom stereocenters. The van der Waals surface area contributed by atoms with Crippen LogP contribution in [0.15, 0.2) is 97.0 Å². The Bertz CT molecular complexity index is 1130. The van der Waals surface area contributed by atoms with E-state index in [9.17, 15) is 0 Å². The Morgan fingerprint density at radius 3 is 1.00 bits per heavy atom. The molecule has 0 bridgehead atoms. The Labute approximate surface area is 247 Å². The summed E-state index contributed by atoms with van der Waals surface area (Å²) in [5, 5.41) is 0.501. The first kappa shape index (κ1) is 31.7. The van der Waals surface area contributed by atoms with Crippen molar-refractivity contribution in [3.05, 3.63) is 108 Å². The van der Waals surface area contributed by atoms with Gasteiger partial charge in [0.05, 0.1) is 0 Å². The van der Waals surface area contributed by atoms with Crippen molar-refractivity contribution in [2.75, 3.05) is 0 Å². The van der Waals surface area contributed by atoms with E-state index in [-0.39, 0.29) is 21.7 Å². The van der Waals surface area contributed by atoms with Crippen LogP contribution in [0, 0.1) is 0 Å². The highest BCUT2D eigenvalue weighted by atomic mass is 15.2. The second-order valence-corrected chi connectivity index (χ2v) is 15.4. The maximum atomic E-state index is 2.42. The number of benzene rings is 2. The van der Waals surface area contributed by atoms with Gasteiger partial charge in [0, 0.05) is 22.5 Å². The van der Waals surface area contributed by atoms with E-state index >= 15 is 0 Å². The Morgan fingerprint density at radius 2 is 0.750 bits per heavy atom. The summed E-state index contributed by atoms with van der Waals surface area (Å²) >= 11 is 0. The lowest BCUT2D eigenvalue weighted by Crippen LogP contribution is -2.39. The first-order chi connectivity index (χ1) is 18.4. The molecular weight excluding hydrogens is 482 g/mol. The van der Waals surface area contributed by atoms with E-state index in [1.54, 1.807) is 0 Å². The molecule has 212 valence electrons. The Kier molecular flexibility index (Phi) is 9.44. The van der Waals surface area contributed by atoms with Crippen LogP contribution in [0.4, 0.5) is 0 Å².